The maximum absolute atomic E-state index is 11.8. The highest BCUT2D eigenvalue weighted by Crippen LogP contribution is 2.10. The van der Waals surface area contributed by atoms with E-state index in [-0.39, 0.29) is 5.97 Å². The second-order valence-electron chi connectivity index (χ2n) is 3.83. The van der Waals surface area contributed by atoms with Gasteiger partial charge in [-0.25, -0.2) is 4.79 Å². The fraction of sp³-hybridized carbons (Fsp3) is 0.214. The lowest BCUT2D eigenvalue weighted by molar-refractivity contribution is 0.0508. The van der Waals surface area contributed by atoms with Crippen LogP contribution in [0.2, 0.25) is 0 Å². The van der Waals surface area contributed by atoms with E-state index in [1.807, 2.05) is 36.6 Å². The standard InChI is InChI=1S/C14H14O2S/c1-11-4-2-3-5-13(11)14(15)16-8-6-12-7-9-17-10-12/h2-5,7,9-10H,6,8H2,1H3. The molecule has 0 atom stereocenters. The van der Waals surface area contributed by atoms with E-state index in [9.17, 15) is 4.79 Å². The number of hydrogen-bond donors (Lipinski definition) is 0. The molecule has 0 fully saturated rings. The van der Waals surface area contributed by atoms with E-state index in [4.69, 9.17) is 4.74 Å². The summed E-state index contributed by atoms with van der Waals surface area (Å²) in [6.07, 6.45) is 0.779. The summed E-state index contributed by atoms with van der Waals surface area (Å²) < 4.78 is 5.25. The number of aryl methyl sites for hydroxylation is 1. The van der Waals surface area contributed by atoms with Gasteiger partial charge in [0.1, 0.15) is 0 Å². The maximum Gasteiger partial charge on any atom is 0.338 e. The summed E-state index contributed by atoms with van der Waals surface area (Å²) in [6.45, 7) is 2.35. The van der Waals surface area contributed by atoms with Crippen LogP contribution in [0.25, 0.3) is 0 Å². The van der Waals surface area contributed by atoms with E-state index >= 15 is 0 Å². The van der Waals surface area contributed by atoms with Crippen LogP contribution < -0.4 is 0 Å². The Kier molecular flexibility index (Phi) is 3.94. The van der Waals surface area contributed by atoms with Crippen LogP contribution in [0.5, 0.6) is 0 Å². The van der Waals surface area contributed by atoms with Gasteiger partial charge in [-0.15, -0.1) is 0 Å². The van der Waals surface area contributed by atoms with E-state index in [0.29, 0.717) is 12.2 Å². The van der Waals surface area contributed by atoms with Gasteiger partial charge in [0.2, 0.25) is 0 Å². The highest BCUT2D eigenvalue weighted by molar-refractivity contribution is 7.07. The number of esters is 1. The van der Waals surface area contributed by atoms with Gasteiger partial charge in [0.15, 0.2) is 0 Å². The molecule has 3 heteroatoms. The third kappa shape index (κ3) is 3.17. The van der Waals surface area contributed by atoms with Crippen molar-refractivity contribution < 1.29 is 9.53 Å². The third-order valence-electron chi connectivity index (χ3n) is 2.57. The minimum Gasteiger partial charge on any atom is -0.462 e. The Hall–Kier alpha value is -1.61. The van der Waals surface area contributed by atoms with Crippen molar-refractivity contribution in [2.24, 2.45) is 0 Å². The third-order valence-corrected chi connectivity index (χ3v) is 3.30. The summed E-state index contributed by atoms with van der Waals surface area (Å²) in [5.41, 5.74) is 2.82. The largest absolute Gasteiger partial charge is 0.462 e. The smallest absolute Gasteiger partial charge is 0.338 e. The van der Waals surface area contributed by atoms with Crippen molar-refractivity contribution in [3.8, 4) is 0 Å². The van der Waals surface area contributed by atoms with Gasteiger partial charge < -0.3 is 4.74 Å². The molecule has 0 radical (unpaired) electrons. The first-order valence-corrected chi connectivity index (χ1v) is 6.45. The van der Waals surface area contributed by atoms with Crippen molar-refractivity contribution in [3.63, 3.8) is 0 Å². The zero-order chi connectivity index (χ0) is 12.1. The predicted molar refractivity (Wildman–Crippen MR) is 69.5 cm³/mol. The fourth-order valence-corrected chi connectivity index (χ4v) is 2.28. The van der Waals surface area contributed by atoms with Gasteiger partial charge in [-0.05, 0) is 40.9 Å². The molecule has 0 amide bonds. The molecule has 0 unspecified atom stereocenters. The number of hydrogen-bond acceptors (Lipinski definition) is 3. The van der Waals surface area contributed by atoms with Gasteiger partial charge in [0.25, 0.3) is 0 Å². The summed E-state index contributed by atoms with van der Waals surface area (Å²) >= 11 is 1.66. The highest BCUT2D eigenvalue weighted by atomic mass is 32.1. The first-order chi connectivity index (χ1) is 8.27. The van der Waals surface area contributed by atoms with Gasteiger partial charge in [-0.1, -0.05) is 18.2 Å². The molecule has 88 valence electrons. The van der Waals surface area contributed by atoms with E-state index < -0.39 is 0 Å². The fourth-order valence-electron chi connectivity index (χ4n) is 1.58. The van der Waals surface area contributed by atoms with E-state index in [2.05, 4.69) is 5.38 Å². The summed E-state index contributed by atoms with van der Waals surface area (Å²) in [7, 11) is 0. The zero-order valence-electron chi connectivity index (χ0n) is 9.68. The van der Waals surface area contributed by atoms with Crippen molar-refractivity contribution in [1.82, 2.24) is 0 Å². The number of ether oxygens (including phenoxy) is 1. The molecule has 0 saturated carbocycles. The Balaban J connectivity index is 1.88. The molecular formula is C14H14O2S. The molecule has 0 aliphatic heterocycles. The lowest BCUT2D eigenvalue weighted by Crippen LogP contribution is -2.09. The molecule has 0 aliphatic rings. The van der Waals surface area contributed by atoms with Gasteiger partial charge in [-0.3, -0.25) is 0 Å². The minimum atomic E-state index is -0.238. The van der Waals surface area contributed by atoms with Crippen LogP contribution in [0, 0.1) is 6.92 Å². The summed E-state index contributed by atoms with van der Waals surface area (Å²) in [5, 5.41) is 4.10. The van der Waals surface area contributed by atoms with Crippen LogP contribution >= 0.6 is 11.3 Å². The maximum atomic E-state index is 11.8. The molecule has 0 bridgehead atoms. The molecule has 0 N–H and O–H groups in total. The lowest BCUT2D eigenvalue weighted by Gasteiger charge is -2.06. The van der Waals surface area contributed by atoms with Crippen LogP contribution in [-0.2, 0) is 11.2 Å². The topological polar surface area (TPSA) is 26.3 Å². The number of benzene rings is 1. The zero-order valence-corrected chi connectivity index (χ0v) is 10.5. The second-order valence-corrected chi connectivity index (χ2v) is 4.61. The molecular weight excluding hydrogens is 232 g/mol. The molecule has 1 heterocycles. The number of carbonyl (C=O) groups is 1. The van der Waals surface area contributed by atoms with Crippen molar-refractivity contribution in [1.29, 1.82) is 0 Å². The lowest BCUT2D eigenvalue weighted by atomic mass is 10.1. The molecule has 1 aromatic carbocycles. The van der Waals surface area contributed by atoms with Crippen molar-refractivity contribution >= 4 is 17.3 Å². The molecule has 2 nitrogen and oxygen atoms in total. The summed E-state index contributed by atoms with van der Waals surface area (Å²) in [5.74, 6) is -0.238. The van der Waals surface area contributed by atoms with Crippen LogP contribution in [-0.4, -0.2) is 12.6 Å². The second kappa shape index (κ2) is 5.64. The number of thiophene rings is 1. The Bertz CT molecular complexity index is 489. The minimum absolute atomic E-state index is 0.238. The van der Waals surface area contributed by atoms with E-state index in [1.54, 1.807) is 17.4 Å². The quantitative estimate of drug-likeness (QED) is 0.772. The Morgan fingerprint density at radius 3 is 2.82 bits per heavy atom. The van der Waals surface area contributed by atoms with Gasteiger partial charge in [0, 0.05) is 6.42 Å². The van der Waals surface area contributed by atoms with Crippen molar-refractivity contribution in [3.05, 3.63) is 57.8 Å². The first-order valence-electron chi connectivity index (χ1n) is 5.51. The van der Waals surface area contributed by atoms with Crippen molar-refractivity contribution in [2.75, 3.05) is 6.61 Å². The molecule has 2 aromatic rings. The summed E-state index contributed by atoms with van der Waals surface area (Å²) in [6, 6.07) is 9.52. The monoisotopic (exact) mass is 246 g/mol. The molecule has 17 heavy (non-hydrogen) atoms. The highest BCUT2D eigenvalue weighted by Gasteiger charge is 2.09. The molecule has 1 aromatic heterocycles. The molecule has 0 spiro atoms. The Labute approximate surface area is 105 Å². The number of rotatable bonds is 4. The normalized spacial score (nSPS) is 10.2. The van der Waals surface area contributed by atoms with Gasteiger partial charge in [-0.2, -0.15) is 11.3 Å². The van der Waals surface area contributed by atoms with Gasteiger partial charge in [0.05, 0.1) is 12.2 Å². The van der Waals surface area contributed by atoms with E-state index in [0.717, 1.165) is 12.0 Å². The number of carbonyl (C=O) groups excluding carboxylic acids is 1. The van der Waals surface area contributed by atoms with Crippen molar-refractivity contribution in [2.45, 2.75) is 13.3 Å². The molecule has 0 saturated heterocycles. The average Bonchev–Trinajstić information content (AvgIpc) is 2.82. The van der Waals surface area contributed by atoms with Crippen LogP contribution in [0.4, 0.5) is 0 Å². The van der Waals surface area contributed by atoms with Gasteiger partial charge >= 0.3 is 5.97 Å². The molecule has 0 aliphatic carbocycles. The van der Waals surface area contributed by atoms with E-state index in [1.165, 1.54) is 5.56 Å². The average molecular weight is 246 g/mol. The summed E-state index contributed by atoms with van der Waals surface area (Å²) in [4.78, 5) is 11.8. The Morgan fingerprint density at radius 1 is 1.29 bits per heavy atom. The predicted octanol–water partition coefficient (Wildman–Crippen LogP) is 3.46. The van der Waals surface area contributed by atoms with Crippen LogP contribution in [0.15, 0.2) is 41.1 Å². The SMILES string of the molecule is Cc1ccccc1C(=O)OCCc1ccsc1. The Morgan fingerprint density at radius 2 is 2.12 bits per heavy atom. The first kappa shape index (κ1) is 11.9. The molecule has 2 rings (SSSR count). The van der Waals surface area contributed by atoms with Crippen LogP contribution in [0.3, 0.4) is 0 Å². The van der Waals surface area contributed by atoms with Crippen LogP contribution in [0.1, 0.15) is 21.5 Å².